The molecule has 1 aliphatic rings. The molecule has 0 spiro atoms. The Morgan fingerprint density at radius 3 is 0.986 bits per heavy atom. The minimum absolute atomic E-state index is 0.444. The molecule has 0 heterocycles. The van der Waals surface area contributed by atoms with Crippen LogP contribution in [0.5, 0.6) is 23.0 Å². The maximum atomic E-state index is 6.71. The fourth-order valence-corrected chi connectivity index (χ4v) is 10.1. The third-order valence-electron chi connectivity index (χ3n) is 14.7. The van der Waals surface area contributed by atoms with Gasteiger partial charge in [-0.1, -0.05) is 295 Å². The zero-order valence-corrected chi connectivity index (χ0v) is 47.1. The molecular weight excluding hydrogens is 869 g/mol. The van der Waals surface area contributed by atoms with E-state index in [2.05, 4.69) is 75.1 Å². The SMILES string of the molecule is CCCCCCCCCCCCCCCCOc1cc(COc2ccc(CC3=C=CC=C3)cc2)cc(OCCCCCCCCCCCCCCCC)c1OCCCCCCCCCCCCCCCC. The molecule has 0 aromatic heterocycles. The number of ether oxygens (including phenoxy) is 4. The van der Waals surface area contributed by atoms with Crippen molar-refractivity contribution in [3.63, 3.8) is 0 Å². The van der Waals surface area contributed by atoms with Crippen LogP contribution in [0.3, 0.4) is 0 Å². The van der Waals surface area contributed by atoms with Crippen molar-refractivity contribution >= 4 is 0 Å². The topological polar surface area (TPSA) is 36.9 Å². The van der Waals surface area contributed by atoms with Crippen molar-refractivity contribution in [3.05, 3.63) is 77.1 Å². The molecule has 404 valence electrons. The molecule has 0 bridgehead atoms. The third kappa shape index (κ3) is 34.9. The van der Waals surface area contributed by atoms with Crippen LogP contribution in [0.1, 0.15) is 302 Å². The maximum Gasteiger partial charge on any atom is 0.203 e. The third-order valence-corrected chi connectivity index (χ3v) is 14.7. The van der Waals surface area contributed by atoms with Gasteiger partial charge in [-0.05, 0) is 66.3 Å². The standard InChI is InChI=1S/C67H112O4/c1-4-7-10-13-16-19-22-25-28-31-34-37-40-45-54-68-65-58-63(60-71-64-52-50-62(51-53-64)57-61-48-43-44-49-61)59-66(69-55-46-41-38-35-32-29-26-23-20-17-14-11-8-5-2)67(65)70-56-47-42-39-36-33-30-27-24-21-18-15-12-9-6-3/h43-44,48,50-53,58-59H,4-42,45-47,54-57,60H2,1-3H3. The van der Waals surface area contributed by atoms with Crippen LogP contribution in [0.2, 0.25) is 0 Å². The Morgan fingerprint density at radius 1 is 0.338 bits per heavy atom. The first-order valence-corrected chi connectivity index (χ1v) is 31.1. The van der Waals surface area contributed by atoms with Crippen LogP contribution >= 0.6 is 0 Å². The minimum atomic E-state index is 0.444. The predicted molar refractivity (Wildman–Crippen MR) is 309 cm³/mol. The number of hydrogen-bond acceptors (Lipinski definition) is 4. The Labute approximate surface area is 440 Å². The molecule has 71 heavy (non-hydrogen) atoms. The summed E-state index contributed by atoms with van der Waals surface area (Å²) in [5, 5.41) is 0. The van der Waals surface area contributed by atoms with Crippen molar-refractivity contribution in [2.75, 3.05) is 19.8 Å². The van der Waals surface area contributed by atoms with Gasteiger partial charge in [0.05, 0.1) is 19.8 Å². The van der Waals surface area contributed by atoms with E-state index in [4.69, 9.17) is 18.9 Å². The van der Waals surface area contributed by atoms with Crippen molar-refractivity contribution in [1.29, 1.82) is 0 Å². The summed E-state index contributed by atoms with van der Waals surface area (Å²) in [5.74, 6) is 3.27. The van der Waals surface area contributed by atoms with Crippen LogP contribution in [0.15, 0.2) is 65.9 Å². The van der Waals surface area contributed by atoms with E-state index in [0.717, 1.165) is 54.2 Å². The highest BCUT2D eigenvalue weighted by Crippen LogP contribution is 2.40. The maximum absolute atomic E-state index is 6.71. The second-order valence-electron chi connectivity index (χ2n) is 21.6. The van der Waals surface area contributed by atoms with Crippen molar-refractivity contribution in [1.82, 2.24) is 0 Å². The van der Waals surface area contributed by atoms with Gasteiger partial charge < -0.3 is 18.9 Å². The van der Waals surface area contributed by atoms with Gasteiger partial charge in [0.15, 0.2) is 11.5 Å². The van der Waals surface area contributed by atoms with E-state index >= 15 is 0 Å². The van der Waals surface area contributed by atoms with Crippen LogP contribution in [0.4, 0.5) is 0 Å². The summed E-state index contributed by atoms with van der Waals surface area (Å²) in [6, 6.07) is 12.8. The number of benzene rings is 2. The summed E-state index contributed by atoms with van der Waals surface area (Å²) in [7, 11) is 0. The minimum Gasteiger partial charge on any atom is -0.490 e. The molecule has 2 aromatic rings. The van der Waals surface area contributed by atoms with Gasteiger partial charge in [-0.25, -0.2) is 0 Å². The van der Waals surface area contributed by atoms with E-state index in [1.165, 1.54) is 262 Å². The van der Waals surface area contributed by atoms with E-state index in [0.29, 0.717) is 26.4 Å². The summed E-state index contributed by atoms with van der Waals surface area (Å²) >= 11 is 0. The summed E-state index contributed by atoms with van der Waals surface area (Å²) in [5.41, 5.74) is 6.85. The van der Waals surface area contributed by atoms with E-state index in [9.17, 15) is 0 Å². The normalized spacial score (nSPS) is 12.0. The van der Waals surface area contributed by atoms with Gasteiger partial charge in [0.25, 0.3) is 0 Å². The Morgan fingerprint density at radius 2 is 0.662 bits per heavy atom. The zero-order chi connectivity index (χ0) is 50.2. The molecule has 0 amide bonds. The average Bonchev–Trinajstić information content (AvgIpc) is 3.90. The Kier molecular flexibility index (Phi) is 40.9. The molecule has 3 rings (SSSR count). The monoisotopic (exact) mass is 981 g/mol. The fourth-order valence-electron chi connectivity index (χ4n) is 10.1. The van der Waals surface area contributed by atoms with Crippen molar-refractivity contribution in [2.24, 2.45) is 0 Å². The van der Waals surface area contributed by atoms with E-state index in [1.54, 1.807) is 0 Å². The highest BCUT2D eigenvalue weighted by atomic mass is 16.5. The molecule has 0 N–H and O–H groups in total. The first-order valence-electron chi connectivity index (χ1n) is 31.1. The number of unbranched alkanes of at least 4 members (excludes halogenated alkanes) is 39. The summed E-state index contributed by atoms with van der Waals surface area (Å²) in [6.45, 7) is 9.43. The number of rotatable bonds is 53. The predicted octanol–water partition coefficient (Wildman–Crippen LogP) is 22.0. The molecule has 0 saturated heterocycles. The van der Waals surface area contributed by atoms with E-state index < -0.39 is 0 Å². The number of hydrogen-bond donors (Lipinski definition) is 0. The van der Waals surface area contributed by atoms with Gasteiger partial charge in [-0.15, -0.1) is 5.73 Å². The van der Waals surface area contributed by atoms with Gasteiger partial charge in [-0.3, -0.25) is 0 Å². The smallest absolute Gasteiger partial charge is 0.203 e. The van der Waals surface area contributed by atoms with E-state index in [-0.39, 0.29) is 0 Å². The average molecular weight is 982 g/mol. The second-order valence-corrected chi connectivity index (χ2v) is 21.6. The van der Waals surface area contributed by atoms with Crippen LogP contribution < -0.4 is 18.9 Å². The Hall–Kier alpha value is -3.10. The molecule has 0 atom stereocenters. The van der Waals surface area contributed by atoms with Crippen LogP contribution in [-0.4, -0.2) is 19.8 Å². The number of allylic oxidation sites excluding steroid dienone is 3. The lowest BCUT2D eigenvalue weighted by atomic mass is 10.0. The molecule has 0 unspecified atom stereocenters. The van der Waals surface area contributed by atoms with Crippen molar-refractivity contribution in [2.45, 2.75) is 303 Å². The van der Waals surface area contributed by atoms with E-state index in [1.807, 2.05) is 6.08 Å². The first kappa shape index (κ1) is 62.2. The highest BCUT2D eigenvalue weighted by molar-refractivity contribution is 5.54. The molecular formula is C67H112O4. The van der Waals surface area contributed by atoms with Crippen molar-refractivity contribution in [3.8, 4) is 23.0 Å². The molecule has 0 saturated carbocycles. The van der Waals surface area contributed by atoms with Crippen molar-refractivity contribution < 1.29 is 18.9 Å². The Bertz CT molecular complexity index is 1530. The lowest BCUT2D eigenvalue weighted by Gasteiger charge is -2.19. The summed E-state index contributed by atoms with van der Waals surface area (Å²) < 4.78 is 26.5. The van der Waals surface area contributed by atoms with Gasteiger partial charge in [0.1, 0.15) is 12.4 Å². The second kappa shape index (κ2) is 46.7. The largest absolute Gasteiger partial charge is 0.490 e. The van der Waals surface area contributed by atoms with Gasteiger partial charge in [0, 0.05) is 6.42 Å². The van der Waals surface area contributed by atoms with Crippen LogP contribution in [-0.2, 0) is 13.0 Å². The molecule has 4 heteroatoms. The van der Waals surface area contributed by atoms with Crippen LogP contribution in [0, 0.1) is 0 Å². The zero-order valence-electron chi connectivity index (χ0n) is 47.1. The molecule has 0 aliphatic heterocycles. The quantitative estimate of drug-likeness (QED) is 0.0489. The van der Waals surface area contributed by atoms with Gasteiger partial charge in [-0.2, -0.15) is 0 Å². The molecule has 0 fully saturated rings. The molecule has 4 nitrogen and oxygen atoms in total. The lowest BCUT2D eigenvalue weighted by molar-refractivity contribution is 0.232. The molecule has 0 radical (unpaired) electrons. The fraction of sp³-hybridized carbons (Fsp3) is 0.746. The highest BCUT2D eigenvalue weighted by Gasteiger charge is 2.17. The van der Waals surface area contributed by atoms with Gasteiger partial charge in [0.2, 0.25) is 5.75 Å². The van der Waals surface area contributed by atoms with Crippen LogP contribution in [0.25, 0.3) is 0 Å². The Balaban J connectivity index is 1.54. The summed E-state index contributed by atoms with van der Waals surface area (Å²) in [4.78, 5) is 0. The molecule has 1 aliphatic carbocycles. The lowest BCUT2D eigenvalue weighted by Crippen LogP contribution is -2.08. The first-order chi connectivity index (χ1) is 35.2. The summed E-state index contributed by atoms with van der Waals surface area (Å²) in [6.07, 6.45) is 63.8. The van der Waals surface area contributed by atoms with Gasteiger partial charge >= 0.3 is 0 Å². The molecule has 2 aromatic carbocycles.